The predicted molar refractivity (Wildman–Crippen MR) is 169 cm³/mol. The highest BCUT2D eigenvalue weighted by atomic mass is 33.1. The minimum absolute atomic E-state index is 0.137. The van der Waals surface area contributed by atoms with E-state index in [1.165, 1.54) is 124 Å². The van der Waals surface area contributed by atoms with Crippen LogP contribution in [0.3, 0.4) is 0 Å². The van der Waals surface area contributed by atoms with E-state index in [1.54, 1.807) is 0 Å². The van der Waals surface area contributed by atoms with Crippen LogP contribution in [0, 0.1) is 0 Å². The van der Waals surface area contributed by atoms with Gasteiger partial charge in [0.05, 0.1) is 13.2 Å². The van der Waals surface area contributed by atoms with Crippen molar-refractivity contribution >= 4 is 33.5 Å². The fraction of sp³-hybridized carbons (Fsp3) is 0.938. The molecule has 0 saturated carbocycles. The van der Waals surface area contributed by atoms with E-state index >= 15 is 0 Å². The predicted octanol–water partition coefficient (Wildman–Crippen LogP) is 10.9. The van der Waals surface area contributed by atoms with Crippen LogP contribution in [-0.4, -0.2) is 35.7 Å². The fourth-order valence-electron chi connectivity index (χ4n) is 4.65. The summed E-state index contributed by atoms with van der Waals surface area (Å²) in [6, 6.07) is 0. The van der Waals surface area contributed by atoms with Crippen molar-refractivity contribution in [1.29, 1.82) is 0 Å². The highest BCUT2D eigenvalue weighted by molar-refractivity contribution is 8.77. The molecule has 2 atom stereocenters. The van der Waals surface area contributed by atoms with Gasteiger partial charge in [-0.3, -0.25) is 9.59 Å². The first-order valence-electron chi connectivity index (χ1n) is 16.3. The van der Waals surface area contributed by atoms with Gasteiger partial charge in [0.15, 0.2) is 0 Å². The van der Waals surface area contributed by atoms with Crippen molar-refractivity contribution in [2.75, 3.05) is 13.2 Å². The Morgan fingerprint density at radius 1 is 0.447 bits per heavy atom. The van der Waals surface area contributed by atoms with E-state index in [2.05, 4.69) is 13.8 Å². The number of esters is 2. The van der Waals surface area contributed by atoms with Gasteiger partial charge in [-0.25, -0.2) is 0 Å². The second kappa shape index (κ2) is 29.6. The van der Waals surface area contributed by atoms with Crippen LogP contribution in [0.4, 0.5) is 0 Å². The molecular weight excluding hydrogens is 512 g/mol. The SMILES string of the molecule is CCCCCCCCCCCCC(SSC(CCCCCCCCCCCC)C(=O)OCC)C(=O)OCC. The van der Waals surface area contributed by atoms with Crippen LogP contribution in [0.5, 0.6) is 0 Å². The van der Waals surface area contributed by atoms with E-state index in [-0.39, 0.29) is 22.4 Å². The molecule has 2 unspecified atom stereocenters. The van der Waals surface area contributed by atoms with Crippen LogP contribution in [0.2, 0.25) is 0 Å². The van der Waals surface area contributed by atoms with E-state index in [0.717, 1.165) is 38.5 Å². The Labute approximate surface area is 244 Å². The van der Waals surface area contributed by atoms with E-state index in [4.69, 9.17) is 9.47 Å². The molecule has 0 N–H and O–H groups in total. The zero-order valence-corrected chi connectivity index (χ0v) is 27.2. The summed E-state index contributed by atoms with van der Waals surface area (Å²) < 4.78 is 10.7. The van der Waals surface area contributed by atoms with Crippen molar-refractivity contribution in [3.63, 3.8) is 0 Å². The van der Waals surface area contributed by atoms with Crippen LogP contribution in [-0.2, 0) is 19.1 Å². The summed E-state index contributed by atoms with van der Waals surface area (Å²) in [5, 5.41) is -0.419. The lowest BCUT2D eigenvalue weighted by atomic mass is 10.1. The molecular formula is C32H62O4S2. The van der Waals surface area contributed by atoms with Crippen LogP contribution in [0.25, 0.3) is 0 Å². The Hall–Kier alpha value is -0.360. The van der Waals surface area contributed by atoms with Crippen LogP contribution in [0.15, 0.2) is 0 Å². The van der Waals surface area contributed by atoms with Crippen LogP contribution >= 0.6 is 21.6 Å². The molecule has 226 valence electrons. The van der Waals surface area contributed by atoms with E-state index in [1.807, 2.05) is 13.8 Å². The van der Waals surface area contributed by atoms with Gasteiger partial charge in [-0.05, 0) is 26.7 Å². The Morgan fingerprint density at radius 3 is 0.974 bits per heavy atom. The molecule has 38 heavy (non-hydrogen) atoms. The molecule has 0 fully saturated rings. The van der Waals surface area contributed by atoms with Gasteiger partial charge in [-0.15, -0.1) is 0 Å². The molecule has 4 nitrogen and oxygen atoms in total. The van der Waals surface area contributed by atoms with Gasteiger partial charge in [-0.2, -0.15) is 0 Å². The number of carbonyl (C=O) groups is 2. The molecule has 0 aliphatic heterocycles. The fourth-order valence-corrected chi connectivity index (χ4v) is 7.59. The maximum absolute atomic E-state index is 12.6. The van der Waals surface area contributed by atoms with Crippen molar-refractivity contribution in [3.05, 3.63) is 0 Å². The first-order chi connectivity index (χ1) is 18.6. The first kappa shape index (κ1) is 37.6. The normalized spacial score (nSPS) is 12.8. The summed E-state index contributed by atoms with van der Waals surface area (Å²) in [5.74, 6) is -0.273. The highest BCUT2D eigenvalue weighted by Gasteiger charge is 2.26. The molecule has 0 aliphatic carbocycles. The number of rotatable bonds is 29. The quantitative estimate of drug-likeness (QED) is 0.0503. The van der Waals surface area contributed by atoms with Gasteiger partial charge in [0.25, 0.3) is 0 Å². The Bertz CT molecular complexity index is 484. The van der Waals surface area contributed by atoms with Crippen molar-refractivity contribution in [1.82, 2.24) is 0 Å². The molecule has 0 aromatic heterocycles. The second-order valence-electron chi connectivity index (χ2n) is 10.6. The van der Waals surface area contributed by atoms with Gasteiger partial charge in [0, 0.05) is 0 Å². The minimum Gasteiger partial charge on any atom is -0.465 e. The summed E-state index contributed by atoms with van der Waals surface area (Å²) in [6.07, 6.45) is 27.3. The van der Waals surface area contributed by atoms with E-state index in [0.29, 0.717) is 13.2 Å². The van der Waals surface area contributed by atoms with Crippen molar-refractivity contribution in [2.45, 2.75) is 179 Å². The summed E-state index contributed by atoms with van der Waals surface area (Å²) in [7, 11) is 3.07. The van der Waals surface area contributed by atoms with Crippen molar-refractivity contribution in [3.8, 4) is 0 Å². The standard InChI is InChI=1S/C32H62O4S2/c1-5-9-11-13-15-17-19-21-23-25-27-29(31(33)35-7-3)37-38-30(32(34)36-8-4)28-26-24-22-20-18-16-14-12-10-6-2/h29-30H,5-28H2,1-4H3. The maximum Gasteiger partial charge on any atom is 0.319 e. The maximum atomic E-state index is 12.6. The lowest BCUT2D eigenvalue weighted by Gasteiger charge is -2.19. The number of unbranched alkanes of at least 4 members (excludes halogenated alkanes) is 18. The molecule has 0 amide bonds. The zero-order valence-electron chi connectivity index (χ0n) is 25.6. The third kappa shape index (κ3) is 23.5. The lowest BCUT2D eigenvalue weighted by Crippen LogP contribution is -2.23. The Balaban J connectivity index is 4.35. The summed E-state index contributed by atoms with van der Waals surface area (Å²) in [5.41, 5.74) is 0. The topological polar surface area (TPSA) is 52.6 Å². The summed E-state index contributed by atoms with van der Waals surface area (Å²) in [6.45, 7) is 9.04. The number of carbonyl (C=O) groups excluding carboxylic acids is 2. The van der Waals surface area contributed by atoms with E-state index < -0.39 is 0 Å². The van der Waals surface area contributed by atoms with E-state index in [9.17, 15) is 9.59 Å². The average Bonchev–Trinajstić information content (AvgIpc) is 2.91. The molecule has 0 aliphatic rings. The first-order valence-corrected chi connectivity index (χ1v) is 18.5. The van der Waals surface area contributed by atoms with Crippen LogP contribution in [0.1, 0.15) is 169 Å². The molecule has 6 heteroatoms. The molecule has 0 aromatic carbocycles. The third-order valence-electron chi connectivity index (χ3n) is 7.03. The Morgan fingerprint density at radius 2 is 0.711 bits per heavy atom. The van der Waals surface area contributed by atoms with Gasteiger partial charge in [0.2, 0.25) is 0 Å². The number of ether oxygens (including phenoxy) is 2. The van der Waals surface area contributed by atoms with Crippen molar-refractivity contribution in [2.24, 2.45) is 0 Å². The molecule has 0 bridgehead atoms. The third-order valence-corrected chi connectivity index (χ3v) is 10.2. The monoisotopic (exact) mass is 574 g/mol. The molecule has 0 spiro atoms. The van der Waals surface area contributed by atoms with Crippen molar-refractivity contribution < 1.29 is 19.1 Å². The van der Waals surface area contributed by atoms with Gasteiger partial charge in [-0.1, -0.05) is 164 Å². The van der Waals surface area contributed by atoms with Gasteiger partial charge in [0.1, 0.15) is 10.5 Å². The highest BCUT2D eigenvalue weighted by Crippen LogP contribution is 2.37. The second-order valence-corrected chi connectivity index (χ2v) is 13.3. The molecule has 0 radical (unpaired) electrons. The molecule has 0 rings (SSSR count). The lowest BCUT2D eigenvalue weighted by molar-refractivity contribution is -0.143. The molecule has 0 heterocycles. The van der Waals surface area contributed by atoms with Gasteiger partial charge >= 0.3 is 11.9 Å². The minimum atomic E-state index is -0.210. The summed E-state index contributed by atoms with van der Waals surface area (Å²) in [4.78, 5) is 25.2. The molecule has 0 saturated heterocycles. The van der Waals surface area contributed by atoms with Crippen LogP contribution < -0.4 is 0 Å². The number of hydrogen-bond acceptors (Lipinski definition) is 6. The molecule has 0 aromatic rings. The largest absolute Gasteiger partial charge is 0.465 e. The average molecular weight is 575 g/mol. The summed E-state index contributed by atoms with van der Waals surface area (Å²) >= 11 is 0. The van der Waals surface area contributed by atoms with Gasteiger partial charge < -0.3 is 9.47 Å². The smallest absolute Gasteiger partial charge is 0.319 e. The zero-order chi connectivity index (χ0) is 28.1. The number of hydrogen-bond donors (Lipinski definition) is 0. The Kier molecular flexibility index (Phi) is 29.3.